The predicted molar refractivity (Wildman–Crippen MR) is 235 cm³/mol. The molecule has 0 saturated heterocycles. The van der Waals surface area contributed by atoms with Gasteiger partial charge < -0.3 is 18.9 Å². The molecule has 4 heterocycles. The quantitative estimate of drug-likeness (QED) is 0.192. The van der Waals surface area contributed by atoms with Gasteiger partial charge in [-0.2, -0.15) is 0 Å². The van der Waals surface area contributed by atoms with Gasteiger partial charge >= 0.3 is 0 Å². The number of aromatic nitrogens is 2. The molecule has 1 aliphatic rings. The fourth-order valence-corrected chi connectivity index (χ4v) is 8.98. The van der Waals surface area contributed by atoms with Crippen molar-refractivity contribution in [3.8, 4) is 16.8 Å². The van der Waals surface area contributed by atoms with Crippen molar-refractivity contribution in [1.29, 1.82) is 0 Å². The number of benzene rings is 8. The van der Waals surface area contributed by atoms with Crippen LogP contribution in [-0.4, -0.2) is 20.8 Å². The normalized spacial score (nSPS) is 14.5. The highest BCUT2D eigenvalue weighted by molar-refractivity contribution is 6.22. The zero-order chi connectivity index (χ0) is 37.5. The van der Waals surface area contributed by atoms with Gasteiger partial charge in [-0.05, 0) is 53.6 Å². The fraction of sp³-hybridized carbons (Fsp3) is 0.0196. The van der Waals surface area contributed by atoms with E-state index in [1.165, 1.54) is 32.7 Å². The van der Waals surface area contributed by atoms with Crippen molar-refractivity contribution in [1.82, 2.24) is 14.5 Å². The van der Waals surface area contributed by atoms with Gasteiger partial charge in [0, 0.05) is 32.5 Å². The van der Waals surface area contributed by atoms with E-state index in [1.54, 1.807) is 0 Å². The standard InChI is InChI=1S/C51H33N5O/c1-3-16-32(17-4-1)34-23-14-29-43-46(34)37-22-9-12-28-42(37)55(43)44-30-15-31-45-47(44)38-24-13-25-39(48(38)57-45)50-52-49(33-18-5-2-6-19-33)53-51(54-50)56-40-26-10-7-20-35(40)36-21-8-11-27-41(36)56/h1-31,51H,(H,52,53,54). The summed E-state index contributed by atoms with van der Waals surface area (Å²) in [5.41, 5.74) is 11.3. The molecule has 0 saturated carbocycles. The highest BCUT2D eigenvalue weighted by atomic mass is 16.3. The van der Waals surface area contributed by atoms with E-state index < -0.39 is 6.29 Å². The number of para-hydroxylation sites is 4. The van der Waals surface area contributed by atoms with Crippen molar-refractivity contribution >= 4 is 77.2 Å². The summed E-state index contributed by atoms with van der Waals surface area (Å²) in [6.45, 7) is 0. The maximum absolute atomic E-state index is 6.91. The van der Waals surface area contributed by atoms with Crippen LogP contribution in [0.2, 0.25) is 0 Å². The average Bonchev–Trinajstić information content (AvgIpc) is 3.95. The number of nitrogens with one attached hydrogen (secondary N) is 1. The van der Waals surface area contributed by atoms with Crippen molar-refractivity contribution in [3.63, 3.8) is 0 Å². The zero-order valence-electron chi connectivity index (χ0n) is 30.7. The topological polar surface area (TPSA) is 59.8 Å². The molecule has 3 aromatic heterocycles. The number of hydrogen-bond acceptors (Lipinski definition) is 4. The van der Waals surface area contributed by atoms with E-state index >= 15 is 0 Å². The second-order valence-electron chi connectivity index (χ2n) is 14.6. The predicted octanol–water partition coefficient (Wildman–Crippen LogP) is 12.4. The smallest absolute Gasteiger partial charge is 0.204 e. The van der Waals surface area contributed by atoms with Crippen LogP contribution in [0.5, 0.6) is 0 Å². The summed E-state index contributed by atoms with van der Waals surface area (Å²) in [5.74, 6) is 1.36. The number of nitrogens with zero attached hydrogens (tertiary/aromatic N) is 4. The molecule has 0 spiro atoms. The van der Waals surface area contributed by atoms with E-state index in [0.717, 1.165) is 66.7 Å². The molecular formula is C51H33N5O. The molecule has 268 valence electrons. The number of amidine groups is 2. The molecule has 0 bridgehead atoms. The van der Waals surface area contributed by atoms with Gasteiger partial charge in [0.05, 0.1) is 38.7 Å². The largest absolute Gasteiger partial charge is 0.455 e. The van der Waals surface area contributed by atoms with Crippen LogP contribution < -0.4 is 5.32 Å². The lowest BCUT2D eigenvalue weighted by Gasteiger charge is -2.25. The van der Waals surface area contributed by atoms with Crippen molar-refractivity contribution in [3.05, 3.63) is 199 Å². The summed E-state index contributed by atoms with van der Waals surface area (Å²) in [6.07, 6.45) is -0.468. The SMILES string of the molecule is c1ccc(C2=NC(c3cccc4c3oc3cccc(-n5c6ccccc6c6c(-c7ccccc7)cccc65)c34)=NC(n3c4ccccc4c4ccccc43)N2)cc1. The Morgan fingerprint density at radius 2 is 1.04 bits per heavy atom. The summed E-state index contributed by atoms with van der Waals surface area (Å²) in [5, 5.41) is 10.6. The molecule has 11 aromatic rings. The molecule has 12 rings (SSSR count). The van der Waals surface area contributed by atoms with Gasteiger partial charge in [0.1, 0.15) is 17.0 Å². The third-order valence-corrected chi connectivity index (χ3v) is 11.4. The Bertz CT molecular complexity index is 3390. The highest BCUT2D eigenvalue weighted by Crippen LogP contribution is 2.42. The molecule has 0 radical (unpaired) electrons. The zero-order valence-corrected chi connectivity index (χ0v) is 30.7. The maximum Gasteiger partial charge on any atom is 0.204 e. The van der Waals surface area contributed by atoms with Crippen LogP contribution in [0.25, 0.3) is 82.4 Å². The molecule has 1 N–H and O–H groups in total. The van der Waals surface area contributed by atoms with Crippen LogP contribution in [-0.2, 0) is 0 Å². The molecule has 1 aliphatic heterocycles. The van der Waals surface area contributed by atoms with Crippen molar-refractivity contribution in [2.24, 2.45) is 9.98 Å². The highest BCUT2D eigenvalue weighted by Gasteiger charge is 2.27. The Morgan fingerprint density at radius 3 is 1.79 bits per heavy atom. The number of hydrogen-bond donors (Lipinski definition) is 1. The van der Waals surface area contributed by atoms with Crippen LogP contribution in [0.1, 0.15) is 17.4 Å². The van der Waals surface area contributed by atoms with Gasteiger partial charge in [-0.1, -0.05) is 146 Å². The van der Waals surface area contributed by atoms with Crippen LogP contribution >= 0.6 is 0 Å². The minimum absolute atomic E-state index is 0.468. The third-order valence-electron chi connectivity index (χ3n) is 11.4. The van der Waals surface area contributed by atoms with Gasteiger partial charge in [-0.25, -0.2) is 9.98 Å². The van der Waals surface area contributed by atoms with Crippen LogP contribution in [0.3, 0.4) is 0 Å². The molecule has 1 unspecified atom stereocenters. The Balaban J connectivity index is 1.10. The van der Waals surface area contributed by atoms with E-state index in [2.05, 4.69) is 184 Å². The van der Waals surface area contributed by atoms with Crippen LogP contribution in [0.15, 0.2) is 202 Å². The lowest BCUT2D eigenvalue weighted by Crippen LogP contribution is -2.36. The number of aliphatic imine (C=N–C) groups is 2. The Hall–Kier alpha value is -7.70. The number of rotatable bonds is 5. The summed E-state index contributed by atoms with van der Waals surface area (Å²) in [7, 11) is 0. The van der Waals surface area contributed by atoms with Crippen LogP contribution in [0.4, 0.5) is 0 Å². The minimum atomic E-state index is -0.468. The Labute approximate surface area is 327 Å². The summed E-state index contributed by atoms with van der Waals surface area (Å²) in [4.78, 5) is 10.6. The molecule has 6 heteroatoms. The molecule has 0 amide bonds. The molecule has 1 atom stereocenters. The van der Waals surface area contributed by atoms with E-state index in [1.807, 2.05) is 18.2 Å². The summed E-state index contributed by atoms with van der Waals surface area (Å²) >= 11 is 0. The fourth-order valence-electron chi connectivity index (χ4n) is 8.98. The first-order valence-corrected chi connectivity index (χ1v) is 19.3. The minimum Gasteiger partial charge on any atom is -0.455 e. The lowest BCUT2D eigenvalue weighted by molar-refractivity contribution is 0.515. The number of furan rings is 1. The molecule has 0 aliphatic carbocycles. The Kier molecular flexibility index (Phi) is 6.89. The maximum atomic E-state index is 6.91. The van der Waals surface area contributed by atoms with Gasteiger partial charge in [0.15, 0.2) is 5.84 Å². The van der Waals surface area contributed by atoms with E-state index in [0.29, 0.717) is 5.84 Å². The summed E-state index contributed by atoms with van der Waals surface area (Å²) in [6, 6.07) is 66.0. The second-order valence-corrected chi connectivity index (χ2v) is 14.6. The second kappa shape index (κ2) is 12.4. The average molecular weight is 732 g/mol. The summed E-state index contributed by atoms with van der Waals surface area (Å²) < 4.78 is 11.6. The molecule has 8 aromatic carbocycles. The Morgan fingerprint density at radius 1 is 0.456 bits per heavy atom. The van der Waals surface area contributed by atoms with Crippen molar-refractivity contribution < 1.29 is 4.42 Å². The number of fused-ring (bicyclic) bond motifs is 9. The lowest BCUT2D eigenvalue weighted by atomic mass is 9.99. The molecule has 6 nitrogen and oxygen atoms in total. The van der Waals surface area contributed by atoms with E-state index in [4.69, 9.17) is 14.4 Å². The van der Waals surface area contributed by atoms with Crippen LogP contribution in [0, 0.1) is 0 Å². The first-order chi connectivity index (χ1) is 28.3. The van der Waals surface area contributed by atoms with Gasteiger partial charge in [-0.15, -0.1) is 0 Å². The third kappa shape index (κ3) is 4.77. The van der Waals surface area contributed by atoms with E-state index in [9.17, 15) is 0 Å². The first-order valence-electron chi connectivity index (χ1n) is 19.3. The van der Waals surface area contributed by atoms with Crippen molar-refractivity contribution in [2.45, 2.75) is 6.29 Å². The monoisotopic (exact) mass is 731 g/mol. The molecular weight excluding hydrogens is 699 g/mol. The molecule has 57 heavy (non-hydrogen) atoms. The van der Waals surface area contributed by atoms with Gasteiger partial charge in [0.2, 0.25) is 6.29 Å². The molecule has 0 fully saturated rings. The van der Waals surface area contributed by atoms with Crippen molar-refractivity contribution in [2.75, 3.05) is 0 Å². The van der Waals surface area contributed by atoms with Gasteiger partial charge in [-0.3, -0.25) is 0 Å². The van der Waals surface area contributed by atoms with Gasteiger partial charge in [0.25, 0.3) is 0 Å². The van der Waals surface area contributed by atoms with E-state index in [-0.39, 0.29) is 0 Å². The first kappa shape index (κ1) is 31.6.